The summed E-state index contributed by atoms with van der Waals surface area (Å²) in [5.41, 5.74) is 5.58. The maximum Gasteiger partial charge on any atom is 0.237 e. The maximum atomic E-state index is 11.7. The van der Waals surface area contributed by atoms with Crippen LogP contribution >= 0.6 is 22.9 Å². The van der Waals surface area contributed by atoms with Crippen LogP contribution in [0.25, 0.3) is 10.3 Å². The van der Waals surface area contributed by atoms with Gasteiger partial charge in [-0.25, -0.2) is 4.98 Å². The highest BCUT2D eigenvalue weighted by Crippen LogP contribution is 2.32. The second-order valence-corrected chi connectivity index (χ2v) is 9.28. The number of primary amides is 1. The summed E-state index contributed by atoms with van der Waals surface area (Å²) in [4.78, 5) is 31.9. The van der Waals surface area contributed by atoms with Crippen LogP contribution in [0.2, 0.25) is 5.28 Å². The molecule has 2 aromatic rings. The van der Waals surface area contributed by atoms with Gasteiger partial charge in [-0.15, -0.1) is 11.3 Å². The molecule has 0 unspecified atom stereocenters. The van der Waals surface area contributed by atoms with Crippen molar-refractivity contribution in [3.05, 3.63) is 10.3 Å². The molecule has 2 fully saturated rings. The molecule has 2 saturated heterocycles. The van der Waals surface area contributed by atoms with Crippen molar-refractivity contribution in [1.82, 2.24) is 24.8 Å². The quantitative estimate of drug-likeness (QED) is 0.687. The molecular weight excluding hydrogens is 414 g/mol. The number of nitrogens with zero attached hydrogens (tertiary/aromatic N) is 6. The van der Waals surface area contributed by atoms with Crippen molar-refractivity contribution in [3.63, 3.8) is 0 Å². The van der Waals surface area contributed by atoms with E-state index in [1.807, 2.05) is 13.8 Å². The monoisotopic (exact) mass is 439 g/mol. The van der Waals surface area contributed by atoms with Gasteiger partial charge < -0.3 is 15.4 Å². The number of fused-ring (bicyclic) bond motifs is 1. The molecule has 2 N–H and O–H groups in total. The summed E-state index contributed by atoms with van der Waals surface area (Å²) < 4.78 is 6.42. The molecule has 0 saturated carbocycles. The Morgan fingerprint density at radius 3 is 2.48 bits per heavy atom. The lowest BCUT2D eigenvalue weighted by molar-refractivity contribution is -0.129. The molecular formula is C18H26ClN7O2S. The molecule has 0 aliphatic carbocycles. The number of aromatic nitrogens is 3. The van der Waals surface area contributed by atoms with Gasteiger partial charge in [0.05, 0.1) is 25.3 Å². The van der Waals surface area contributed by atoms with Gasteiger partial charge in [-0.2, -0.15) is 9.97 Å². The number of thiazole rings is 1. The SMILES string of the molecule is CC(C)(C(N)=O)N1CCN(Cc2nc3nc(Cl)nc(N4CCOCC4)c3s2)CC1. The summed E-state index contributed by atoms with van der Waals surface area (Å²) in [7, 11) is 0. The fourth-order valence-corrected chi connectivity index (χ4v) is 4.92. The standard InChI is InChI=1S/C18H26ClN7O2S/c1-18(2,16(20)27)26-5-3-24(4-6-26)11-12-21-14-13(29-12)15(23-17(19)22-14)25-7-9-28-10-8-25/h3-11H2,1-2H3,(H2,20,27). The van der Waals surface area contributed by atoms with Crippen molar-refractivity contribution in [3.8, 4) is 0 Å². The normalized spacial score (nSPS) is 19.8. The largest absolute Gasteiger partial charge is 0.378 e. The molecule has 0 aromatic carbocycles. The second kappa shape index (κ2) is 8.27. The highest BCUT2D eigenvalue weighted by Gasteiger charge is 2.34. The zero-order valence-corrected chi connectivity index (χ0v) is 18.3. The first kappa shape index (κ1) is 20.7. The molecule has 1 amide bonds. The Morgan fingerprint density at radius 2 is 1.83 bits per heavy atom. The Bertz CT molecular complexity index is 892. The maximum absolute atomic E-state index is 11.7. The third-order valence-electron chi connectivity index (χ3n) is 5.69. The van der Waals surface area contributed by atoms with Crippen molar-refractivity contribution in [2.45, 2.75) is 25.9 Å². The van der Waals surface area contributed by atoms with Crippen molar-refractivity contribution < 1.29 is 9.53 Å². The summed E-state index contributed by atoms with van der Waals surface area (Å²) in [5, 5.41) is 1.21. The summed E-state index contributed by atoms with van der Waals surface area (Å²) in [6, 6.07) is 0. The Labute approximate surface area is 178 Å². The van der Waals surface area contributed by atoms with Crippen LogP contribution in [0.1, 0.15) is 18.9 Å². The van der Waals surface area contributed by atoms with Gasteiger partial charge in [0.15, 0.2) is 11.5 Å². The van der Waals surface area contributed by atoms with Gasteiger partial charge in [0.25, 0.3) is 0 Å². The predicted octanol–water partition coefficient (Wildman–Crippen LogP) is 0.958. The Morgan fingerprint density at radius 1 is 1.14 bits per heavy atom. The summed E-state index contributed by atoms with van der Waals surface area (Å²) in [6.07, 6.45) is 0. The molecule has 4 rings (SSSR count). The minimum absolute atomic E-state index is 0.220. The van der Waals surface area contributed by atoms with Crippen LogP contribution in [0.15, 0.2) is 0 Å². The fraction of sp³-hybridized carbons (Fsp3) is 0.667. The Hall–Kier alpha value is -1.59. The molecule has 0 atom stereocenters. The zero-order valence-electron chi connectivity index (χ0n) is 16.7. The second-order valence-electron chi connectivity index (χ2n) is 7.86. The van der Waals surface area contributed by atoms with Crippen molar-refractivity contribution in [2.75, 3.05) is 57.4 Å². The molecule has 9 nitrogen and oxygen atoms in total. The molecule has 0 spiro atoms. The predicted molar refractivity (Wildman–Crippen MR) is 113 cm³/mol. The average molecular weight is 440 g/mol. The first-order chi connectivity index (χ1) is 13.8. The van der Waals surface area contributed by atoms with E-state index in [1.54, 1.807) is 11.3 Å². The highest BCUT2D eigenvalue weighted by molar-refractivity contribution is 7.19. The van der Waals surface area contributed by atoms with E-state index in [4.69, 9.17) is 27.1 Å². The number of hydrogen-bond donors (Lipinski definition) is 1. The minimum Gasteiger partial charge on any atom is -0.378 e. The first-order valence-electron chi connectivity index (χ1n) is 9.77. The Kier molecular flexibility index (Phi) is 5.90. The molecule has 11 heteroatoms. The van der Waals surface area contributed by atoms with Gasteiger partial charge in [0.2, 0.25) is 11.2 Å². The van der Waals surface area contributed by atoms with E-state index < -0.39 is 5.54 Å². The zero-order chi connectivity index (χ0) is 20.6. The van der Waals surface area contributed by atoms with Gasteiger partial charge in [0.1, 0.15) is 9.71 Å². The van der Waals surface area contributed by atoms with Crippen molar-refractivity contribution in [2.24, 2.45) is 5.73 Å². The number of halogens is 1. The van der Waals surface area contributed by atoms with Crippen LogP contribution in [0, 0.1) is 0 Å². The van der Waals surface area contributed by atoms with E-state index in [-0.39, 0.29) is 11.2 Å². The number of morpholine rings is 1. The molecule has 2 aliphatic rings. The minimum atomic E-state index is -0.624. The van der Waals surface area contributed by atoms with E-state index >= 15 is 0 Å². The number of carbonyl (C=O) groups excluding carboxylic acids is 1. The molecule has 2 aromatic heterocycles. The van der Waals surface area contributed by atoms with Gasteiger partial charge >= 0.3 is 0 Å². The van der Waals surface area contributed by atoms with Crippen LogP contribution < -0.4 is 10.6 Å². The van der Waals surface area contributed by atoms with Crippen LogP contribution in [-0.4, -0.2) is 88.7 Å². The lowest BCUT2D eigenvalue weighted by atomic mass is 10.0. The van der Waals surface area contributed by atoms with Crippen molar-refractivity contribution in [1.29, 1.82) is 0 Å². The first-order valence-corrected chi connectivity index (χ1v) is 11.0. The lowest BCUT2D eigenvalue weighted by Crippen LogP contribution is -2.59. The van der Waals surface area contributed by atoms with Gasteiger partial charge in [-0.3, -0.25) is 14.6 Å². The van der Waals surface area contributed by atoms with Gasteiger partial charge in [-0.05, 0) is 25.4 Å². The van der Waals surface area contributed by atoms with Crippen molar-refractivity contribution >= 4 is 45.0 Å². The molecule has 4 heterocycles. The van der Waals surface area contributed by atoms with Gasteiger partial charge in [0, 0.05) is 39.3 Å². The third-order valence-corrected chi connectivity index (χ3v) is 6.88. The van der Waals surface area contributed by atoms with E-state index in [0.717, 1.165) is 61.3 Å². The number of carbonyl (C=O) groups is 1. The topological polar surface area (TPSA) is 101 Å². The summed E-state index contributed by atoms with van der Waals surface area (Å²) in [5.74, 6) is 0.559. The molecule has 0 bridgehead atoms. The molecule has 158 valence electrons. The molecule has 2 aliphatic heterocycles. The highest BCUT2D eigenvalue weighted by atomic mass is 35.5. The lowest BCUT2D eigenvalue weighted by Gasteiger charge is -2.42. The smallest absolute Gasteiger partial charge is 0.237 e. The van der Waals surface area contributed by atoms with Crippen LogP contribution in [0.4, 0.5) is 5.82 Å². The van der Waals surface area contributed by atoms with E-state index in [9.17, 15) is 4.79 Å². The van der Waals surface area contributed by atoms with E-state index in [2.05, 4.69) is 24.7 Å². The van der Waals surface area contributed by atoms with Crippen LogP contribution in [-0.2, 0) is 16.1 Å². The number of nitrogens with two attached hydrogens (primary N) is 1. The number of anilines is 1. The summed E-state index contributed by atoms with van der Waals surface area (Å²) >= 11 is 7.78. The molecule has 29 heavy (non-hydrogen) atoms. The third kappa shape index (κ3) is 4.31. The average Bonchev–Trinajstić information content (AvgIpc) is 3.10. The summed E-state index contributed by atoms with van der Waals surface area (Å²) in [6.45, 7) is 10.7. The van der Waals surface area contributed by atoms with Crippen LogP contribution in [0.5, 0.6) is 0 Å². The van der Waals surface area contributed by atoms with Gasteiger partial charge in [-0.1, -0.05) is 0 Å². The van der Waals surface area contributed by atoms with E-state index in [0.29, 0.717) is 18.9 Å². The number of piperazine rings is 1. The van der Waals surface area contributed by atoms with E-state index in [1.165, 1.54) is 0 Å². The Balaban J connectivity index is 1.47. The molecule has 0 radical (unpaired) electrons. The number of ether oxygens (including phenoxy) is 1. The van der Waals surface area contributed by atoms with Crippen LogP contribution in [0.3, 0.4) is 0 Å². The number of amides is 1. The number of rotatable bonds is 5. The number of hydrogen-bond acceptors (Lipinski definition) is 9. The fourth-order valence-electron chi connectivity index (χ4n) is 3.70.